The van der Waals surface area contributed by atoms with Gasteiger partial charge in [-0.3, -0.25) is 4.79 Å². The molecule has 2 N–H and O–H groups in total. The van der Waals surface area contributed by atoms with E-state index in [-0.39, 0.29) is 0 Å². The fourth-order valence-corrected chi connectivity index (χ4v) is 2.16. The first-order chi connectivity index (χ1) is 8.77. The Morgan fingerprint density at radius 3 is 2.94 bits per heavy atom. The van der Waals surface area contributed by atoms with E-state index in [1.807, 2.05) is 41.1 Å². The Morgan fingerprint density at radius 2 is 2.22 bits per heavy atom. The van der Waals surface area contributed by atoms with Gasteiger partial charge in [-0.05, 0) is 24.3 Å². The van der Waals surface area contributed by atoms with Crippen LogP contribution in [0.3, 0.4) is 0 Å². The van der Waals surface area contributed by atoms with Gasteiger partial charge < -0.3 is 15.0 Å². The predicted molar refractivity (Wildman–Crippen MR) is 69.8 cm³/mol. The molecule has 0 saturated carbocycles. The highest BCUT2D eigenvalue weighted by atomic mass is 16.5. The lowest BCUT2D eigenvalue weighted by molar-refractivity contribution is 0.100. The summed E-state index contributed by atoms with van der Waals surface area (Å²) in [6, 6.07) is 7.50. The van der Waals surface area contributed by atoms with Crippen LogP contribution in [0.4, 0.5) is 0 Å². The van der Waals surface area contributed by atoms with Gasteiger partial charge in [0.2, 0.25) is 0 Å². The molecule has 2 aromatic rings. The van der Waals surface area contributed by atoms with Gasteiger partial charge in [0.05, 0.1) is 17.3 Å². The quantitative estimate of drug-likeness (QED) is 0.874. The molecule has 4 heteroatoms. The van der Waals surface area contributed by atoms with E-state index in [0.29, 0.717) is 12.2 Å². The van der Waals surface area contributed by atoms with Crippen LogP contribution in [0.1, 0.15) is 10.4 Å². The summed E-state index contributed by atoms with van der Waals surface area (Å²) in [6.45, 7) is 0.532. The molecule has 3 rings (SSSR count). The Bertz CT molecular complexity index is 680. The van der Waals surface area contributed by atoms with Crippen molar-refractivity contribution in [1.29, 1.82) is 0 Å². The number of hydrogen-bond donors (Lipinski definition) is 1. The van der Waals surface area contributed by atoms with Gasteiger partial charge in [0, 0.05) is 17.3 Å². The molecule has 18 heavy (non-hydrogen) atoms. The summed E-state index contributed by atoms with van der Waals surface area (Å²) in [4.78, 5) is 11.5. The minimum atomic E-state index is -0.419. The first-order valence-corrected chi connectivity index (χ1v) is 5.66. The van der Waals surface area contributed by atoms with Crippen LogP contribution in [0.2, 0.25) is 0 Å². The monoisotopic (exact) mass is 240 g/mol. The highest BCUT2D eigenvalue weighted by molar-refractivity contribution is 6.06. The third-order valence-electron chi connectivity index (χ3n) is 2.98. The lowest BCUT2D eigenvalue weighted by Crippen LogP contribution is -2.13. The number of fused-ring (bicyclic) bond motifs is 1. The zero-order valence-electron chi connectivity index (χ0n) is 9.67. The van der Waals surface area contributed by atoms with Crippen molar-refractivity contribution in [1.82, 2.24) is 4.57 Å². The zero-order chi connectivity index (χ0) is 12.5. The number of amides is 1. The van der Waals surface area contributed by atoms with Crippen molar-refractivity contribution >= 4 is 22.5 Å². The number of hydrogen-bond acceptors (Lipinski definition) is 2. The van der Waals surface area contributed by atoms with Crippen molar-refractivity contribution in [3.05, 3.63) is 54.4 Å². The van der Waals surface area contributed by atoms with Crippen LogP contribution >= 0.6 is 0 Å². The highest BCUT2D eigenvalue weighted by Crippen LogP contribution is 2.24. The molecular formula is C14H12N2O2. The molecule has 4 nitrogen and oxygen atoms in total. The molecule has 0 aliphatic carbocycles. The second kappa shape index (κ2) is 4.07. The third-order valence-corrected chi connectivity index (χ3v) is 2.98. The summed E-state index contributed by atoms with van der Waals surface area (Å²) in [5.74, 6) is -0.419. The lowest BCUT2D eigenvalue weighted by atomic mass is 10.1. The standard InChI is InChI=1S/C14H12N2O2/c15-14(17)12-3-1-2-10-4-7-16(13(10)12)11-5-8-18-9-6-11/h1-8H,9H2,(H2,15,17). The molecule has 0 unspecified atom stereocenters. The molecule has 1 aromatic carbocycles. The van der Waals surface area contributed by atoms with Crippen LogP contribution < -0.4 is 5.73 Å². The minimum absolute atomic E-state index is 0.419. The number of benzene rings is 1. The van der Waals surface area contributed by atoms with E-state index in [1.54, 1.807) is 12.3 Å². The molecule has 2 heterocycles. The van der Waals surface area contributed by atoms with Gasteiger partial charge in [-0.25, -0.2) is 0 Å². The summed E-state index contributed by atoms with van der Waals surface area (Å²) in [5, 5.41) is 0.993. The molecule has 0 spiro atoms. The lowest BCUT2D eigenvalue weighted by Gasteiger charge is -2.12. The fraction of sp³-hybridized carbons (Fsp3) is 0.0714. The maximum Gasteiger partial charge on any atom is 0.250 e. The Balaban J connectivity index is 2.27. The molecule has 1 aromatic heterocycles. The van der Waals surface area contributed by atoms with Gasteiger partial charge in [-0.15, -0.1) is 0 Å². The maximum absolute atomic E-state index is 11.5. The Kier molecular flexibility index (Phi) is 2.41. The largest absolute Gasteiger partial charge is 0.497 e. The van der Waals surface area contributed by atoms with Crippen LogP contribution in [0, 0.1) is 0 Å². The normalized spacial score (nSPS) is 14.3. The summed E-state index contributed by atoms with van der Waals surface area (Å²) in [7, 11) is 0. The van der Waals surface area contributed by atoms with E-state index < -0.39 is 5.91 Å². The van der Waals surface area contributed by atoms with Gasteiger partial charge in [0.15, 0.2) is 0 Å². The first-order valence-electron chi connectivity index (χ1n) is 5.66. The summed E-state index contributed by atoms with van der Waals surface area (Å²) < 4.78 is 7.08. The van der Waals surface area contributed by atoms with Crippen LogP contribution in [-0.4, -0.2) is 17.1 Å². The van der Waals surface area contributed by atoms with Crippen molar-refractivity contribution in [3.8, 4) is 0 Å². The number of allylic oxidation sites excluding steroid dienone is 2. The van der Waals surface area contributed by atoms with Crippen molar-refractivity contribution < 1.29 is 9.53 Å². The minimum Gasteiger partial charge on any atom is -0.497 e. The number of para-hydroxylation sites is 1. The van der Waals surface area contributed by atoms with Crippen molar-refractivity contribution in [2.45, 2.75) is 0 Å². The molecule has 1 aliphatic heterocycles. The van der Waals surface area contributed by atoms with E-state index in [2.05, 4.69) is 0 Å². The SMILES string of the molecule is NC(=O)c1cccc2ccn(C3=CCOC=C3)c12. The number of ether oxygens (including phenoxy) is 1. The smallest absolute Gasteiger partial charge is 0.250 e. The highest BCUT2D eigenvalue weighted by Gasteiger charge is 2.12. The molecule has 0 radical (unpaired) electrons. The maximum atomic E-state index is 11.5. The Morgan fingerprint density at radius 1 is 1.33 bits per heavy atom. The molecular weight excluding hydrogens is 228 g/mol. The molecule has 0 atom stereocenters. The number of carbonyl (C=O) groups excluding carboxylic acids is 1. The van der Waals surface area contributed by atoms with Crippen LogP contribution in [-0.2, 0) is 4.74 Å². The number of nitrogens with zero attached hydrogens (tertiary/aromatic N) is 1. The molecule has 90 valence electrons. The summed E-state index contributed by atoms with van der Waals surface area (Å²) >= 11 is 0. The van der Waals surface area contributed by atoms with Gasteiger partial charge in [0.1, 0.15) is 6.61 Å². The van der Waals surface area contributed by atoms with Gasteiger partial charge in [0.25, 0.3) is 5.91 Å². The number of primary amides is 1. The van der Waals surface area contributed by atoms with E-state index in [1.165, 1.54) is 0 Å². The third kappa shape index (κ3) is 1.59. The Labute approximate surface area is 104 Å². The number of carbonyl (C=O) groups is 1. The van der Waals surface area contributed by atoms with Crippen LogP contribution in [0.15, 0.2) is 48.9 Å². The first kappa shape index (κ1) is 10.7. The van der Waals surface area contributed by atoms with Gasteiger partial charge in [-0.1, -0.05) is 12.1 Å². The van der Waals surface area contributed by atoms with Crippen molar-refractivity contribution in [3.63, 3.8) is 0 Å². The topological polar surface area (TPSA) is 57.2 Å². The van der Waals surface area contributed by atoms with Gasteiger partial charge >= 0.3 is 0 Å². The van der Waals surface area contributed by atoms with E-state index in [9.17, 15) is 4.79 Å². The van der Waals surface area contributed by atoms with E-state index >= 15 is 0 Å². The van der Waals surface area contributed by atoms with E-state index in [0.717, 1.165) is 16.6 Å². The second-order valence-corrected chi connectivity index (χ2v) is 4.06. The fourth-order valence-electron chi connectivity index (χ4n) is 2.16. The Hall–Kier alpha value is -2.49. The van der Waals surface area contributed by atoms with Crippen LogP contribution in [0.25, 0.3) is 16.6 Å². The number of aromatic nitrogens is 1. The average Bonchev–Trinajstić information content (AvgIpc) is 2.83. The molecule has 0 bridgehead atoms. The van der Waals surface area contributed by atoms with Crippen molar-refractivity contribution in [2.75, 3.05) is 6.61 Å². The number of rotatable bonds is 2. The number of nitrogens with two attached hydrogens (primary N) is 1. The predicted octanol–water partition coefficient (Wildman–Crippen LogP) is 2.12. The molecule has 1 aliphatic rings. The van der Waals surface area contributed by atoms with Crippen LogP contribution in [0.5, 0.6) is 0 Å². The zero-order valence-corrected chi connectivity index (χ0v) is 9.67. The second-order valence-electron chi connectivity index (χ2n) is 4.06. The summed E-state index contributed by atoms with van der Waals surface area (Å²) in [6.07, 6.45) is 7.39. The average molecular weight is 240 g/mol. The van der Waals surface area contributed by atoms with Crippen molar-refractivity contribution in [2.24, 2.45) is 5.73 Å². The summed E-state index contributed by atoms with van der Waals surface area (Å²) in [5.41, 5.74) is 7.76. The molecule has 0 fully saturated rings. The van der Waals surface area contributed by atoms with E-state index in [4.69, 9.17) is 10.5 Å². The molecule has 1 amide bonds. The van der Waals surface area contributed by atoms with Gasteiger partial charge in [-0.2, -0.15) is 0 Å². The molecule has 0 saturated heterocycles.